The van der Waals surface area contributed by atoms with Crippen molar-refractivity contribution in [3.05, 3.63) is 12.3 Å². The molecule has 106 valence electrons. The van der Waals surface area contributed by atoms with Crippen LogP contribution >= 0.6 is 0 Å². The van der Waals surface area contributed by atoms with Crippen LogP contribution in [0.15, 0.2) is 12.3 Å². The van der Waals surface area contributed by atoms with E-state index in [1.807, 2.05) is 26.8 Å². The van der Waals surface area contributed by atoms with Crippen molar-refractivity contribution in [3.8, 4) is 0 Å². The molecule has 0 aromatic rings. The highest BCUT2D eigenvalue weighted by molar-refractivity contribution is 6.61. The number of rotatable bonds is 11. The Morgan fingerprint density at radius 1 is 1.11 bits per heavy atom. The average Bonchev–Trinajstić information content (AvgIpc) is 3.14. The number of allylic oxidation sites excluding steroid dienone is 1. The Morgan fingerprint density at radius 3 is 2.11 bits per heavy atom. The van der Waals surface area contributed by atoms with Crippen molar-refractivity contribution in [2.75, 3.05) is 33.0 Å². The van der Waals surface area contributed by atoms with Crippen LogP contribution in [-0.2, 0) is 22.8 Å². The number of ether oxygens (including phenoxy) is 2. The first-order chi connectivity index (χ1) is 8.76. The van der Waals surface area contributed by atoms with Gasteiger partial charge in [0.1, 0.15) is 12.7 Å². The second-order valence-electron chi connectivity index (χ2n) is 3.85. The van der Waals surface area contributed by atoms with E-state index < -0.39 is 8.80 Å². The third-order valence-corrected chi connectivity index (χ3v) is 5.26. The molecule has 1 unspecified atom stereocenters. The largest absolute Gasteiger partial charge is 0.505 e. The van der Waals surface area contributed by atoms with Crippen LogP contribution in [0.3, 0.4) is 0 Å². The van der Waals surface area contributed by atoms with Crippen LogP contribution in [0, 0.1) is 0 Å². The number of epoxide rings is 1. The molecule has 1 rings (SSSR count). The molecule has 0 spiro atoms. The minimum Gasteiger partial charge on any atom is -0.499 e. The Hall–Kier alpha value is -0.403. The van der Waals surface area contributed by atoms with Gasteiger partial charge in [-0.2, -0.15) is 0 Å². The van der Waals surface area contributed by atoms with E-state index >= 15 is 0 Å². The first-order valence-electron chi connectivity index (χ1n) is 6.56. The summed E-state index contributed by atoms with van der Waals surface area (Å²) in [5.74, 6) is 0. The van der Waals surface area contributed by atoms with E-state index in [1.54, 1.807) is 6.26 Å². The minimum atomic E-state index is -2.56. The maximum atomic E-state index is 5.71. The lowest BCUT2D eigenvalue weighted by atomic mass is 10.5. The van der Waals surface area contributed by atoms with E-state index in [0.29, 0.717) is 32.5 Å². The fourth-order valence-corrected chi connectivity index (χ4v) is 3.86. The van der Waals surface area contributed by atoms with Crippen LogP contribution in [-0.4, -0.2) is 47.9 Å². The molecule has 18 heavy (non-hydrogen) atoms. The maximum absolute atomic E-state index is 5.71. The molecule has 0 saturated carbocycles. The van der Waals surface area contributed by atoms with Crippen molar-refractivity contribution >= 4 is 8.80 Å². The van der Waals surface area contributed by atoms with E-state index in [2.05, 4.69) is 0 Å². The van der Waals surface area contributed by atoms with Crippen LogP contribution in [0.2, 0.25) is 6.04 Å². The summed E-state index contributed by atoms with van der Waals surface area (Å²) in [7, 11) is -2.56. The smallest absolute Gasteiger partial charge is 0.499 e. The van der Waals surface area contributed by atoms with E-state index in [4.69, 9.17) is 22.8 Å². The first-order valence-corrected chi connectivity index (χ1v) is 8.49. The molecule has 6 heteroatoms. The zero-order valence-corrected chi connectivity index (χ0v) is 12.5. The fourth-order valence-electron chi connectivity index (χ4n) is 1.55. The molecule has 1 fully saturated rings. The van der Waals surface area contributed by atoms with Gasteiger partial charge in [-0.3, -0.25) is 0 Å². The standard InChI is InChI=1S/C12H24O5Si/c1-4-15-18(16-5-2,17-6-3)9-7-8-13-10-12-11-14-12/h7-8,12H,4-6,9-11H2,1-3H3/b8-7+. The van der Waals surface area contributed by atoms with Crippen molar-refractivity contribution in [2.24, 2.45) is 0 Å². The lowest BCUT2D eigenvalue weighted by Crippen LogP contribution is -2.45. The second kappa shape index (κ2) is 8.66. The van der Waals surface area contributed by atoms with E-state index in [9.17, 15) is 0 Å². The van der Waals surface area contributed by atoms with Crippen molar-refractivity contribution in [3.63, 3.8) is 0 Å². The average molecular weight is 276 g/mol. The van der Waals surface area contributed by atoms with Crippen LogP contribution in [0.25, 0.3) is 0 Å². The van der Waals surface area contributed by atoms with Gasteiger partial charge in [0.25, 0.3) is 0 Å². The highest BCUT2D eigenvalue weighted by atomic mass is 28.4. The summed E-state index contributed by atoms with van der Waals surface area (Å²) < 4.78 is 27.5. The Kier molecular flexibility index (Phi) is 7.53. The molecular weight excluding hydrogens is 252 g/mol. The van der Waals surface area contributed by atoms with E-state index in [-0.39, 0.29) is 6.10 Å². The van der Waals surface area contributed by atoms with Gasteiger partial charge in [-0.15, -0.1) is 0 Å². The number of hydrogen-bond acceptors (Lipinski definition) is 5. The van der Waals surface area contributed by atoms with Gasteiger partial charge in [-0.05, 0) is 26.8 Å². The molecule has 0 N–H and O–H groups in total. The van der Waals surface area contributed by atoms with Gasteiger partial charge in [0.05, 0.1) is 12.9 Å². The summed E-state index contributed by atoms with van der Waals surface area (Å²) >= 11 is 0. The highest BCUT2D eigenvalue weighted by Crippen LogP contribution is 2.17. The monoisotopic (exact) mass is 276 g/mol. The van der Waals surface area contributed by atoms with Gasteiger partial charge in [0.15, 0.2) is 0 Å². The number of hydrogen-bond donors (Lipinski definition) is 0. The Bertz CT molecular complexity index is 226. The summed E-state index contributed by atoms with van der Waals surface area (Å²) in [5, 5.41) is 0. The molecule has 1 aliphatic heterocycles. The second-order valence-corrected chi connectivity index (χ2v) is 6.49. The normalized spacial score (nSPS) is 19.4. The summed E-state index contributed by atoms with van der Waals surface area (Å²) in [6.45, 7) is 9.05. The Balaban J connectivity index is 2.35. The van der Waals surface area contributed by atoms with Crippen molar-refractivity contribution in [1.29, 1.82) is 0 Å². The molecule has 0 aromatic heterocycles. The molecule has 1 saturated heterocycles. The molecule has 0 amide bonds. The first kappa shape index (κ1) is 15.7. The van der Waals surface area contributed by atoms with Gasteiger partial charge in [-0.1, -0.05) is 0 Å². The van der Waals surface area contributed by atoms with Crippen LogP contribution in [0.5, 0.6) is 0 Å². The van der Waals surface area contributed by atoms with Crippen molar-refractivity contribution in [2.45, 2.75) is 32.9 Å². The van der Waals surface area contributed by atoms with Crippen molar-refractivity contribution < 1.29 is 22.8 Å². The molecule has 0 aliphatic carbocycles. The van der Waals surface area contributed by atoms with Crippen LogP contribution in [0.1, 0.15) is 20.8 Å². The highest BCUT2D eigenvalue weighted by Gasteiger charge is 2.39. The van der Waals surface area contributed by atoms with Crippen LogP contribution in [0.4, 0.5) is 0 Å². The SMILES string of the molecule is CCO[Si](C/C=C/OCC1CO1)(OCC)OCC. The summed E-state index contributed by atoms with van der Waals surface area (Å²) in [6.07, 6.45) is 3.87. The molecule has 5 nitrogen and oxygen atoms in total. The quantitative estimate of drug-likeness (QED) is 0.328. The lowest BCUT2D eigenvalue weighted by molar-refractivity contribution is 0.0740. The molecular formula is C12H24O5Si. The zero-order valence-electron chi connectivity index (χ0n) is 11.5. The van der Waals surface area contributed by atoms with Crippen LogP contribution < -0.4 is 0 Å². The Morgan fingerprint density at radius 2 is 1.67 bits per heavy atom. The summed E-state index contributed by atoms with van der Waals surface area (Å²) in [5.41, 5.74) is 0. The topological polar surface area (TPSA) is 49.5 Å². The molecule has 1 atom stereocenters. The van der Waals surface area contributed by atoms with E-state index in [0.717, 1.165) is 6.61 Å². The molecule has 0 aromatic carbocycles. The van der Waals surface area contributed by atoms with Crippen molar-refractivity contribution in [1.82, 2.24) is 0 Å². The van der Waals surface area contributed by atoms with Gasteiger partial charge in [0.2, 0.25) is 0 Å². The Labute approximate surface area is 110 Å². The summed E-state index contributed by atoms with van der Waals surface area (Å²) in [6, 6.07) is 0.633. The predicted octanol–water partition coefficient (Wildman–Crippen LogP) is 1.96. The third-order valence-electron chi connectivity index (χ3n) is 2.34. The molecule has 0 bridgehead atoms. The molecule has 1 aliphatic rings. The van der Waals surface area contributed by atoms with Gasteiger partial charge in [-0.25, -0.2) is 0 Å². The summed E-state index contributed by atoms with van der Waals surface area (Å²) in [4.78, 5) is 0. The van der Waals surface area contributed by atoms with Gasteiger partial charge in [0, 0.05) is 25.9 Å². The molecule has 1 heterocycles. The van der Waals surface area contributed by atoms with Gasteiger partial charge < -0.3 is 22.8 Å². The molecule has 0 radical (unpaired) electrons. The maximum Gasteiger partial charge on any atom is 0.505 e. The lowest BCUT2D eigenvalue weighted by Gasteiger charge is -2.27. The zero-order chi connectivity index (χ0) is 13.3. The minimum absolute atomic E-state index is 0.280. The fraction of sp³-hybridized carbons (Fsp3) is 0.833. The van der Waals surface area contributed by atoms with Gasteiger partial charge >= 0.3 is 8.80 Å². The third kappa shape index (κ3) is 5.97. The predicted molar refractivity (Wildman–Crippen MR) is 70.3 cm³/mol. The van der Waals surface area contributed by atoms with E-state index in [1.165, 1.54) is 0 Å².